The third-order valence-electron chi connectivity index (χ3n) is 4.01. The summed E-state index contributed by atoms with van der Waals surface area (Å²) in [4.78, 5) is 23.2. The molecule has 1 aliphatic rings. The molecule has 1 amide bonds. The fourth-order valence-electron chi connectivity index (χ4n) is 2.65. The first-order chi connectivity index (χ1) is 12.8. The van der Waals surface area contributed by atoms with Crippen LogP contribution in [-0.4, -0.2) is 56.7 Å². The molecule has 3 rings (SSSR count). The molecule has 3 heterocycles. The molecule has 0 aromatic carbocycles. The predicted molar refractivity (Wildman–Crippen MR) is 87.8 cm³/mol. The van der Waals surface area contributed by atoms with Gasteiger partial charge in [0.2, 0.25) is 5.91 Å². The van der Waals surface area contributed by atoms with Gasteiger partial charge in [-0.2, -0.15) is 18.4 Å². The lowest BCUT2D eigenvalue weighted by Crippen LogP contribution is -2.50. The highest BCUT2D eigenvalue weighted by molar-refractivity contribution is 6.33. The number of anilines is 1. The highest BCUT2D eigenvalue weighted by Crippen LogP contribution is 2.33. The van der Waals surface area contributed by atoms with Crippen molar-refractivity contribution in [2.24, 2.45) is 0 Å². The Labute approximate surface area is 156 Å². The van der Waals surface area contributed by atoms with Gasteiger partial charge in [-0.15, -0.1) is 5.10 Å². The van der Waals surface area contributed by atoms with Crippen LogP contribution in [0.2, 0.25) is 5.02 Å². The van der Waals surface area contributed by atoms with Gasteiger partial charge in [0.05, 0.1) is 10.6 Å². The van der Waals surface area contributed by atoms with Crippen LogP contribution in [0.25, 0.3) is 0 Å². The monoisotopic (exact) mass is 399 g/mol. The zero-order valence-corrected chi connectivity index (χ0v) is 14.6. The number of carbonyl (C=O) groups is 1. The zero-order valence-electron chi connectivity index (χ0n) is 13.8. The predicted octanol–water partition coefficient (Wildman–Crippen LogP) is 1.57. The number of rotatable bonds is 3. The Hall–Kier alpha value is -2.87. The average Bonchev–Trinajstić information content (AvgIpc) is 3.08. The topological polar surface area (TPSA) is 90.9 Å². The standard InChI is InChI=1S/C15H13ClF3N7O/c16-11-5-10(15(17,18)19)7-21-14(11)25-3-1-24(2-4-25)13(27)8-26-9-22-12(6-20)23-26/h5,7,9H,1-4,8H2. The van der Waals surface area contributed by atoms with Gasteiger partial charge in [0.15, 0.2) is 0 Å². The Bertz CT molecular complexity index is 884. The molecule has 0 saturated carbocycles. The number of aromatic nitrogens is 4. The van der Waals surface area contributed by atoms with Crippen molar-refractivity contribution in [3.05, 3.63) is 35.0 Å². The Morgan fingerprint density at radius 3 is 2.52 bits per heavy atom. The number of nitrogens with zero attached hydrogens (tertiary/aromatic N) is 7. The molecule has 0 spiro atoms. The van der Waals surface area contributed by atoms with Gasteiger partial charge in [-0.05, 0) is 6.07 Å². The highest BCUT2D eigenvalue weighted by Gasteiger charge is 2.32. The third-order valence-corrected chi connectivity index (χ3v) is 4.29. The summed E-state index contributed by atoms with van der Waals surface area (Å²) in [6.07, 6.45) is -2.46. The van der Waals surface area contributed by atoms with Crippen LogP contribution >= 0.6 is 11.6 Å². The van der Waals surface area contributed by atoms with Crippen LogP contribution in [0.15, 0.2) is 18.6 Å². The number of halogens is 4. The van der Waals surface area contributed by atoms with Gasteiger partial charge in [0.25, 0.3) is 5.82 Å². The average molecular weight is 400 g/mol. The van der Waals surface area contributed by atoms with E-state index in [1.807, 2.05) is 0 Å². The molecular formula is C15H13ClF3N7O. The smallest absolute Gasteiger partial charge is 0.352 e. The third kappa shape index (κ3) is 4.28. The molecular weight excluding hydrogens is 387 g/mol. The van der Waals surface area contributed by atoms with Gasteiger partial charge in [-0.3, -0.25) is 4.79 Å². The van der Waals surface area contributed by atoms with Gasteiger partial charge < -0.3 is 9.80 Å². The molecule has 0 radical (unpaired) electrons. The van der Waals surface area contributed by atoms with Crippen molar-refractivity contribution >= 4 is 23.3 Å². The lowest BCUT2D eigenvalue weighted by atomic mass is 10.2. The Morgan fingerprint density at radius 1 is 1.26 bits per heavy atom. The lowest BCUT2D eigenvalue weighted by Gasteiger charge is -2.35. The van der Waals surface area contributed by atoms with Crippen molar-refractivity contribution < 1.29 is 18.0 Å². The van der Waals surface area contributed by atoms with E-state index in [9.17, 15) is 18.0 Å². The lowest BCUT2D eigenvalue weighted by molar-refractivity contribution is -0.138. The molecule has 1 aliphatic heterocycles. The minimum atomic E-state index is -4.51. The van der Waals surface area contributed by atoms with E-state index in [1.54, 1.807) is 15.9 Å². The molecule has 8 nitrogen and oxygen atoms in total. The second-order valence-corrected chi connectivity index (χ2v) is 6.18. The number of piperazine rings is 1. The van der Waals surface area contributed by atoms with Crippen molar-refractivity contribution in [3.8, 4) is 6.07 Å². The minimum Gasteiger partial charge on any atom is -0.352 e. The van der Waals surface area contributed by atoms with Gasteiger partial charge in [0, 0.05) is 32.4 Å². The number of hydrogen-bond donors (Lipinski definition) is 0. The van der Waals surface area contributed by atoms with Crippen LogP contribution in [-0.2, 0) is 17.5 Å². The van der Waals surface area contributed by atoms with E-state index in [0.717, 1.165) is 12.3 Å². The summed E-state index contributed by atoms with van der Waals surface area (Å²) in [5, 5.41) is 12.4. The van der Waals surface area contributed by atoms with Crippen molar-refractivity contribution in [2.75, 3.05) is 31.1 Å². The van der Waals surface area contributed by atoms with Gasteiger partial charge in [-0.25, -0.2) is 14.6 Å². The van der Waals surface area contributed by atoms with Gasteiger partial charge in [-0.1, -0.05) is 11.6 Å². The summed E-state index contributed by atoms with van der Waals surface area (Å²) in [5.41, 5.74) is -0.908. The molecule has 0 unspecified atom stereocenters. The summed E-state index contributed by atoms with van der Waals surface area (Å²) >= 11 is 5.96. The maximum absolute atomic E-state index is 12.7. The number of amides is 1. The molecule has 0 atom stereocenters. The van der Waals surface area contributed by atoms with Crippen LogP contribution in [0.4, 0.5) is 19.0 Å². The quantitative estimate of drug-likeness (QED) is 0.778. The van der Waals surface area contributed by atoms with Crippen LogP contribution in [0.3, 0.4) is 0 Å². The van der Waals surface area contributed by atoms with E-state index >= 15 is 0 Å². The second-order valence-electron chi connectivity index (χ2n) is 5.77. The first kappa shape index (κ1) is 18.9. The molecule has 0 bridgehead atoms. The van der Waals surface area contributed by atoms with E-state index in [1.165, 1.54) is 11.0 Å². The zero-order chi connectivity index (χ0) is 19.6. The van der Waals surface area contributed by atoms with Crippen LogP contribution in [0.1, 0.15) is 11.4 Å². The first-order valence-corrected chi connectivity index (χ1v) is 8.20. The maximum atomic E-state index is 12.7. The van der Waals surface area contributed by atoms with E-state index < -0.39 is 11.7 Å². The summed E-state index contributed by atoms with van der Waals surface area (Å²) in [5.74, 6) is 0.0397. The highest BCUT2D eigenvalue weighted by atomic mass is 35.5. The fourth-order valence-corrected chi connectivity index (χ4v) is 2.93. The van der Waals surface area contributed by atoms with Crippen molar-refractivity contribution in [3.63, 3.8) is 0 Å². The van der Waals surface area contributed by atoms with Crippen molar-refractivity contribution in [2.45, 2.75) is 12.7 Å². The summed E-state index contributed by atoms with van der Waals surface area (Å²) in [6.45, 7) is 1.43. The SMILES string of the molecule is N#Cc1ncn(CC(=O)N2CCN(c3ncc(C(F)(F)F)cc3Cl)CC2)n1. The number of carbonyl (C=O) groups excluding carboxylic acids is 1. The molecule has 12 heteroatoms. The minimum absolute atomic E-state index is 0.0179. The summed E-state index contributed by atoms with van der Waals surface area (Å²) in [7, 11) is 0. The van der Waals surface area contributed by atoms with E-state index in [4.69, 9.17) is 16.9 Å². The first-order valence-electron chi connectivity index (χ1n) is 7.83. The number of alkyl halides is 3. The molecule has 2 aromatic heterocycles. The van der Waals surface area contributed by atoms with Crippen LogP contribution in [0, 0.1) is 11.3 Å². The molecule has 0 N–H and O–H groups in total. The Kier molecular flexibility index (Phi) is 5.18. The van der Waals surface area contributed by atoms with Gasteiger partial charge >= 0.3 is 6.18 Å². The van der Waals surface area contributed by atoms with Crippen molar-refractivity contribution in [1.82, 2.24) is 24.6 Å². The fraction of sp³-hybridized carbons (Fsp3) is 0.400. The van der Waals surface area contributed by atoms with Crippen LogP contribution in [0.5, 0.6) is 0 Å². The molecule has 1 saturated heterocycles. The summed E-state index contributed by atoms with van der Waals surface area (Å²) in [6, 6.07) is 2.62. The Balaban J connectivity index is 1.60. The molecule has 142 valence electrons. The maximum Gasteiger partial charge on any atom is 0.417 e. The van der Waals surface area contributed by atoms with Gasteiger partial charge in [0.1, 0.15) is 24.8 Å². The summed E-state index contributed by atoms with van der Waals surface area (Å²) < 4.78 is 39.4. The van der Waals surface area contributed by atoms with E-state index in [2.05, 4.69) is 15.1 Å². The number of nitriles is 1. The number of pyridine rings is 1. The Morgan fingerprint density at radius 2 is 1.96 bits per heavy atom. The second kappa shape index (κ2) is 7.40. The largest absolute Gasteiger partial charge is 0.417 e. The van der Waals surface area contributed by atoms with E-state index in [-0.39, 0.29) is 29.1 Å². The molecule has 1 fully saturated rings. The molecule has 27 heavy (non-hydrogen) atoms. The van der Waals surface area contributed by atoms with E-state index in [0.29, 0.717) is 26.2 Å². The van der Waals surface area contributed by atoms with Crippen molar-refractivity contribution in [1.29, 1.82) is 5.26 Å². The number of hydrogen-bond acceptors (Lipinski definition) is 6. The molecule has 2 aromatic rings. The van der Waals surface area contributed by atoms with Crippen LogP contribution < -0.4 is 4.90 Å². The normalized spacial score (nSPS) is 14.9. The molecule has 0 aliphatic carbocycles.